The Kier molecular flexibility index (Phi) is 6.79. The van der Waals surface area contributed by atoms with Crippen molar-refractivity contribution in [1.82, 2.24) is 10.3 Å². The molecule has 1 aliphatic carbocycles. The van der Waals surface area contributed by atoms with Crippen LogP contribution in [0.5, 0.6) is 0 Å². The molecule has 0 bridgehead atoms. The number of carbonyl (C=O) groups excluding carboxylic acids is 3. The summed E-state index contributed by atoms with van der Waals surface area (Å²) in [6.45, 7) is 6.62. The number of rotatable bonds is 6. The van der Waals surface area contributed by atoms with E-state index in [4.69, 9.17) is 11.6 Å². The van der Waals surface area contributed by atoms with E-state index in [0.29, 0.717) is 13.3 Å². The standard InChI is InChI=1S/C24H25ClF2N2O3/c1-12-7-13(2)19(14(3)8-12)20-18(30)9-15(22(20)31)5-6-28-23(32)21-17(25)10-16(11-29-21)24(4,26)27/h7-8,10-11,15,20H,5-6,9H2,1-4H3,(H,28,32). The van der Waals surface area contributed by atoms with Crippen molar-refractivity contribution >= 4 is 29.1 Å². The fourth-order valence-corrected chi connectivity index (χ4v) is 4.59. The Morgan fingerprint density at radius 3 is 2.38 bits per heavy atom. The van der Waals surface area contributed by atoms with Crippen LogP contribution in [0.3, 0.4) is 0 Å². The fraction of sp³-hybridized carbons (Fsp3) is 0.417. The summed E-state index contributed by atoms with van der Waals surface area (Å²) in [4.78, 5) is 41.8. The number of benzene rings is 1. The van der Waals surface area contributed by atoms with Crippen molar-refractivity contribution in [3.63, 3.8) is 0 Å². The Balaban J connectivity index is 1.64. The summed E-state index contributed by atoms with van der Waals surface area (Å²) >= 11 is 5.95. The molecule has 0 spiro atoms. The second kappa shape index (κ2) is 9.06. The van der Waals surface area contributed by atoms with Gasteiger partial charge in [0.25, 0.3) is 11.8 Å². The van der Waals surface area contributed by atoms with Crippen molar-refractivity contribution in [1.29, 1.82) is 0 Å². The van der Waals surface area contributed by atoms with Crippen LogP contribution >= 0.6 is 11.6 Å². The third-order valence-corrected chi connectivity index (χ3v) is 6.11. The van der Waals surface area contributed by atoms with Crippen LogP contribution in [-0.2, 0) is 15.5 Å². The first-order chi connectivity index (χ1) is 14.9. The normalized spacial score (nSPS) is 18.8. The van der Waals surface area contributed by atoms with E-state index >= 15 is 0 Å². The maximum Gasteiger partial charge on any atom is 0.272 e. The van der Waals surface area contributed by atoms with E-state index in [9.17, 15) is 23.2 Å². The molecular weight excluding hydrogens is 438 g/mol. The number of aryl methyl sites for hydroxylation is 3. The lowest BCUT2D eigenvalue weighted by molar-refractivity contribution is -0.124. The van der Waals surface area contributed by atoms with Gasteiger partial charge in [-0.05, 0) is 49.9 Å². The highest BCUT2D eigenvalue weighted by molar-refractivity contribution is 6.33. The molecule has 1 fully saturated rings. The summed E-state index contributed by atoms with van der Waals surface area (Å²) in [5.74, 6) is -5.24. The van der Waals surface area contributed by atoms with Crippen molar-refractivity contribution in [2.45, 2.75) is 52.4 Å². The molecule has 3 rings (SSSR count). The molecule has 0 saturated heterocycles. The molecule has 1 saturated carbocycles. The zero-order valence-corrected chi connectivity index (χ0v) is 19.1. The van der Waals surface area contributed by atoms with E-state index < -0.39 is 23.7 Å². The van der Waals surface area contributed by atoms with Crippen LogP contribution in [-0.4, -0.2) is 29.0 Å². The van der Waals surface area contributed by atoms with Gasteiger partial charge < -0.3 is 5.32 Å². The molecule has 170 valence electrons. The van der Waals surface area contributed by atoms with E-state index in [1.165, 1.54) is 0 Å². The first kappa shape index (κ1) is 24.0. The molecule has 1 N–H and O–H groups in total. The Bertz CT molecular complexity index is 1070. The highest BCUT2D eigenvalue weighted by Crippen LogP contribution is 2.37. The van der Waals surface area contributed by atoms with E-state index in [2.05, 4.69) is 10.3 Å². The van der Waals surface area contributed by atoms with Gasteiger partial charge in [0.2, 0.25) is 0 Å². The van der Waals surface area contributed by atoms with Crippen LogP contribution in [0.2, 0.25) is 5.02 Å². The number of hydrogen-bond acceptors (Lipinski definition) is 4. The van der Waals surface area contributed by atoms with E-state index in [0.717, 1.165) is 34.5 Å². The van der Waals surface area contributed by atoms with Gasteiger partial charge in [-0.3, -0.25) is 14.4 Å². The van der Waals surface area contributed by atoms with Crippen LogP contribution in [0, 0.1) is 26.7 Å². The molecule has 2 unspecified atom stereocenters. The Morgan fingerprint density at radius 2 is 1.81 bits per heavy atom. The largest absolute Gasteiger partial charge is 0.351 e. The van der Waals surface area contributed by atoms with Gasteiger partial charge in [-0.15, -0.1) is 0 Å². The van der Waals surface area contributed by atoms with Crippen LogP contribution < -0.4 is 5.32 Å². The number of nitrogens with one attached hydrogen (secondary N) is 1. The molecule has 8 heteroatoms. The lowest BCUT2D eigenvalue weighted by Crippen LogP contribution is -2.28. The van der Waals surface area contributed by atoms with Gasteiger partial charge in [0.1, 0.15) is 17.4 Å². The summed E-state index contributed by atoms with van der Waals surface area (Å²) in [6.07, 6.45) is 1.34. The van der Waals surface area contributed by atoms with Crippen LogP contribution in [0.1, 0.15) is 64.0 Å². The van der Waals surface area contributed by atoms with Crippen molar-refractivity contribution in [2.75, 3.05) is 6.54 Å². The molecule has 2 atom stereocenters. The van der Waals surface area contributed by atoms with Crippen molar-refractivity contribution in [3.05, 3.63) is 62.9 Å². The summed E-state index contributed by atoms with van der Waals surface area (Å²) in [5, 5.41) is 2.43. The SMILES string of the molecule is Cc1cc(C)c(C2C(=O)CC(CCNC(=O)c3ncc(C(C)(F)F)cc3Cl)C2=O)c(C)c1. The summed E-state index contributed by atoms with van der Waals surface area (Å²) in [7, 11) is 0. The molecule has 1 aromatic carbocycles. The monoisotopic (exact) mass is 462 g/mol. The predicted octanol–water partition coefficient (Wildman–Crippen LogP) is 4.83. The Labute approximate surface area is 190 Å². The van der Waals surface area contributed by atoms with Gasteiger partial charge >= 0.3 is 0 Å². The molecule has 2 aromatic rings. The minimum Gasteiger partial charge on any atom is -0.351 e. The van der Waals surface area contributed by atoms with E-state index in [1.54, 1.807) is 0 Å². The number of halogens is 3. The molecule has 0 aliphatic heterocycles. The number of carbonyl (C=O) groups is 3. The number of alkyl halides is 2. The molecule has 1 aliphatic rings. The average molecular weight is 463 g/mol. The average Bonchev–Trinajstić information content (AvgIpc) is 2.94. The van der Waals surface area contributed by atoms with Gasteiger partial charge in [-0.2, -0.15) is 0 Å². The second-order valence-electron chi connectivity index (χ2n) is 8.50. The van der Waals surface area contributed by atoms with Crippen LogP contribution in [0.4, 0.5) is 8.78 Å². The zero-order valence-electron chi connectivity index (χ0n) is 18.4. The number of hydrogen-bond donors (Lipinski definition) is 1. The first-order valence-electron chi connectivity index (χ1n) is 10.4. The van der Waals surface area contributed by atoms with E-state index in [-0.39, 0.29) is 40.8 Å². The summed E-state index contributed by atoms with van der Waals surface area (Å²) in [6, 6.07) is 4.94. The predicted molar refractivity (Wildman–Crippen MR) is 117 cm³/mol. The smallest absolute Gasteiger partial charge is 0.272 e. The molecular formula is C24H25ClF2N2O3. The maximum absolute atomic E-state index is 13.4. The van der Waals surface area contributed by atoms with Crippen LogP contribution in [0.15, 0.2) is 24.4 Å². The van der Waals surface area contributed by atoms with Crippen molar-refractivity contribution in [3.8, 4) is 0 Å². The molecule has 0 radical (unpaired) electrons. The minimum atomic E-state index is -3.12. The quantitative estimate of drug-likeness (QED) is 0.623. The first-order valence-corrected chi connectivity index (χ1v) is 10.7. The Hall–Kier alpha value is -2.67. The number of ketones is 2. The van der Waals surface area contributed by atoms with Gasteiger partial charge in [-0.1, -0.05) is 29.3 Å². The highest BCUT2D eigenvalue weighted by atomic mass is 35.5. The second-order valence-corrected chi connectivity index (χ2v) is 8.91. The molecule has 1 amide bonds. The molecule has 1 aromatic heterocycles. The van der Waals surface area contributed by atoms with E-state index in [1.807, 2.05) is 32.9 Å². The third-order valence-electron chi connectivity index (χ3n) is 5.82. The van der Waals surface area contributed by atoms with Crippen molar-refractivity contribution < 1.29 is 23.2 Å². The van der Waals surface area contributed by atoms with Crippen LogP contribution in [0.25, 0.3) is 0 Å². The number of pyridine rings is 1. The van der Waals surface area contributed by atoms with Gasteiger partial charge in [0.05, 0.1) is 5.02 Å². The highest BCUT2D eigenvalue weighted by Gasteiger charge is 2.42. The molecule has 5 nitrogen and oxygen atoms in total. The molecule has 1 heterocycles. The lowest BCUT2D eigenvalue weighted by Gasteiger charge is -2.16. The summed E-state index contributed by atoms with van der Waals surface area (Å²) in [5.41, 5.74) is 3.14. The minimum absolute atomic E-state index is 0.109. The molecule has 32 heavy (non-hydrogen) atoms. The number of aromatic nitrogens is 1. The number of nitrogens with zero attached hydrogens (tertiary/aromatic N) is 1. The van der Waals surface area contributed by atoms with Gasteiger partial charge in [0, 0.05) is 37.6 Å². The summed E-state index contributed by atoms with van der Waals surface area (Å²) < 4.78 is 26.8. The lowest BCUT2D eigenvalue weighted by atomic mass is 9.86. The zero-order chi connectivity index (χ0) is 23.8. The third kappa shape index (κ3) is 4.88. The number of amides is 1. The van der Waals surface area contributed by atoms with Gasteiger partial charge in [-0.25, -0.2) is 13.8 Å². The Morgan fingerprint density at radius 1 is 1.19 bits per heavy atom. The van der Waals surface area contributed by atoms with Gasteiger partial charge in [0.15, 0.2) is 5.78 Å². The maximum atomic E-state index is 13.4. The topological polar surface area (TPSA) is 76.1 Å². The van der Waals surface area contributed by atoms with Crippen molar-refractivity contribution in [2.24, 2.45) is 5.92 Å². The number of Topliss-reactive ketones (excluding diaryl/α,β-unsaturated/α-hetero) is 2. The fourth-order valence-electron chi connectivity index (χ4n) is 4.34.